The van der Waals surface area contributed by atoms with Gasteiger partial charge in [0, 0.05) is 0 Å². The molecular formula is C26H38O10S2. The molecule has 0 unspecified atom stereocenters. The maximum atomic E-state index is 12.2. The number of hydrogen-bond donors (Lipinski definition) is 0. The summed E-state index contributed by atoms with van der Waals surface area (Å²) in [6.45, 7) is 8.89. The largest absolute Gasteiger partial charge is 0.377 e. The van der Waals surface area contributed by atoms with Gasteiger partial charge in [-0.2, -0.15) is 16.8 Å². The lowest BCUT2D eigenvalue weighted by molar-refractivity contribution is -0.0329. The Morgan fingerprint density at radius 3 is 1.21 bits per heavy atom. The van der Waals surface area contributed by atoms with Crippen molar-refractivity contribution in [3.63, 3.8) is 0 Å². The summed E-state index contributed by atoms with van der Waals surface area (Å²) in [7, 11) is -7.65. The van der Waals surface area contributed by atoms with Crippen LogP contribution in [0.15, 0.2) is 58.3 Å². The minimum absolute atomic E-state index is 0.0966. The van der Waals surface area contributed by atoms with E-state index in [9.17, 15) is 16.8 Å². The average molecular weight is 575 g/mol. The summed E-state index contributed by atoms with van der Waals surface area (Å²) in [5, 5.41) is 0. The van der Waals surface area contributed by atoms with E-state index in [1.165, 1.54) is 24.3 Å². The van der Waals surface area contributed by atoms with Crippen LogP contribution in [0.1, 0.15) is 25.0 Å². The van der Waals surface area contributed by atoms with Gasteiger partial charge in [-0.1, -0.05) is 35.4 Å². The van der Waals surface area contributed by atoms with E-state index in [1.807, 2.05) is 13.8 Å². The van der Waals surface area contributed by atoms with E-state index in [0.29, 0.717) is 26.4 Å². The predicted molar refractivity (Wildman–Crippen MR) is 141 cm³/mol. The molecule has 0 radical (unpaired) electrons. The van der Waals surface area contributed by atoms with Gasteiger partial charge >= 0.3 is 0 Å². The minimum atomic E-state index is -3.82. The molecule has 10 nitrogen and oxygen atoms in total. The van der Waals surface area contributed by atoms with Crippen LogP contribution < -0.4 is 0 Å². The van der Waals surface area contributed by atoms with Crippen LogP contribution in [-0.2, 0) is 47.5 Å². The number of rotatable bonds is 19. The third-order valence-electron chi connectivity index (χ3n) is 5.17. The van der Waals surface area contributed by atoms with E-state index in [-0.39, 0.29) is 36.2 Å². The summed E-state index contributed by atoms with van der Waals surface area (Å²) in [6.07, 6.45) is -0.852. The zero-order valence-corrected chi connectivity index (χ0v) is 24.0. The van der Waals surface area contributed by atoms with Gasteiger partial charge in [0.05, 0.1) is 74.9 Å². The summed E-state index contributed by atoms with van der Waals surface area (Å²) in [5.74, 6) is 0. The van der Waals surface area contributed by atoms with Crippen LogP contribution in [0.4, 0.5) is 0 Å². The molecule has 214 valence electrons. The van der Waals surface area contributed by atoms with Crippen molar-refractivity contribution in [1.82, 2.24) is 0 Å². The Kier molecular flexibility index (Phi) is 13.8. The van der Waals surface area contributed by atoms with Gasteiger partial charge in [0.25, 0.3) is 20.2 Å². The summed E-state index contributed by atoms with van der Waals surface area (Å²) >= 11 is 0. The fourth-order valence-corrected chi connectivity index (χ4v) is 4.90. The van der Waals surface area contributed by atoms with E-state index in [2.05, 4.69) is 0 Å². The van der Waals surface area contributed by atoms with Crippen molar-refractivity contribution >= 4 is 20.2 Å². The lowest BCUT2D eigenvalue weighted by atomic mass is 10.2. The summed E-state index contributed by atoms with van der Waals surface area (Å²) in [4.78, 5) is 0.218. The molecule has 0 aliphatic rings. The standard InChI is InChI=1S/C26H38O10S2/c1-21-5-9-25(10-6-21)37(27,28)35-19-23(3)33-17-15-31-13-14-32-16-18-34-24(4)20-36-38(29,30)26-11-7-22(2)8-12-26/h5-12,23-24H,13-20H2,1-4H3/t23-,24-/m0/s1. The van der Waals surface area contributed by atoms with E-state index in [0.717, 1.165) is 11.1 Å². The summed E-state index contributed by atoms with van der Waals surface area (Å²) in [5.41, 5.74) is 1.92. The molecule has 0 aromatic heterocycles. The van der Waals surface area contributed by atoms with Crippen molar-refractivity contribution in [2.24, 2.45) is 0 Å². The normalized spacial score (nSPS) is 13.9. The van der Waals surface area contributed by atoms with Gasteiger partial charge in [0.1, 0.15) is 0 Å². The first-order valence-electron chi connectivity index (χ1n) is 12.3. The second-order valence-electron chi connectivity index (χ2n) is 8.69. The lowest BCUT2D eigenvalue weighted by Gasteiger charge is -2.14. The quantitative estimate of drug-likeness (QED) is 0.182. The SMILES string of the molecule is Cc1ccc(S(=O)(=O)OC[C@H](C)OCCOCCOCCO[C@@H](C)COS(=O)(=O)c2ccc(C)cc2)cc1. The molecule has 0 aliphatic carbocycles. The van der Waals surface area contributed by atoms with Crippen molar-refractivity contribution in [3.8, 4) is 0 Å². The van der Waals surface area contributed by atoms with Gasteiger partial charge in [-0.05, 0) is 52.0 Å². The van der Waals surface area contributed by atoms with Crippen molar-refractivity contribution in [2.45, 2.75) is 49.7 Å². The molecule has 0 fully saturated rings. The average Bonchev–Trinajstić information content (AvgIpc) is 2.88. The molecule has 2 atom stereocenters. The second kappa shape index (κ2) is 16.3. The van der Waals surface area contributed by atoms with Gasteiger partial charge < -0.3 is 18.9 Å². The molecule has 0 bridgehead atoms. The molecule has 0 spiro atoms. The van der Waals surface area contributed by atoms with Gasteiger partial charge in [-0.15, -0.1) is 0 Å². The van der Waals surface area contributed by atoms with Crippen LogP contribution in [0, 0.1) is 13.8 Å². The van der Waals surface area contributed by atoms with Gasteiger partial charge in [-0.3, -0.25) is 8.37 Å². The van der Waals surface area contributed by atoms with E-state index >= 15 is 0 Å². The number of aryl methyl sites for hydroxylation is 2. The molecule has 0 heterocycles. The minimum Gasteiger partial charge on any atom is -0.377 e. The Labute approximate surface area is 226 Å². The van der Waals surface area contributed by atoms with E-state index in [4.69, 9.17) is 27.3 Å². The van der Waals surface area contributed by atoms with Gasteiger partial charge in [0.15, 0.2) is 0 Å². The zero-order valence-electron chi connectivity index (χ0n) is 22.3. The van der Waals surface area contributed by atoms with Crippen molar-refractivity contribution < 1.29 is 44.1 Å². The first kappa shape index (κ1) is 32.3. The Bertz CT molecular complexity index is 1050. The molecule has 2 rings (SSSR count). The first-order valence-corrected chi connectivity index (χ1v) is 15.1. The maximum absolute atomic E-state index is 12.2. The van der Waals surface area contributed by atoms with Crippen molar-refractivity contribution in [2.75, 3.05) is 52.9 Å². The Balaban J connectivity index is 1.45. The first-order chi connectivity index (χ1) is 18.0. The monoisotopic (exact) mass is 574 g/mol. The second-order valence-corrected chi connectivity index (χ2v) is 11.9. The molecule has 38 heavy (non-hydrogen) atoms. The smallest absolute Gasteiger partial charge is 0.297 e. The van der Waals surface area contributed by atoms with Crippen LogP contribution in [0.25, 0.3) is 0 Å². The fourth-order valence-electron chi connectivity index (χ4n) is 2.95. The molecular weight excluding hydrogens is 536 g/mol. The van der Waals surface area contributed by atoms with Crippen LogP contribution in [-0.4, -0.2) is 81.9 Å². The topological polar surface area (TPSA) is 124 Å². The fraction of sp³-hybridized carbons (Fsp3) is 0.538. The molecule has 0 saturated heterocycles. The van der Waals surface area contributed by atoms with E-state index < -0.39 is 32.4 Å². The maximum Gasteiger partial charge on any atom is 0.297 e. The Morgan fingerprint density at radius 2 is 0.868 bits per heavy atom. The molecule has 0 N–H and O–H groups in total. The Morgan fingerprint density at radius 1 is 0.553 bits per heavy atom. The van der Waals surface area contributed by atoms with Gasteiger partial charge in [0.2, 0.25) is 0 Å². The predicted octanol–water partition coefficient (Wildman–Crippen LogP) is 3.26. The molecule has 12 heteroatoms. The van der Waals surface area contributed by atoms with Gasteiger partial charge in [-0.25, -0.2) is 0 Å². The van der Waals surface area contributed by atoms with Crippen molar-refractivity contribution in [3.05, 3.63) is 59.7 Å². The Hall–Kier alpha value is -1.90. The van der Waals surface area contributed by atoms with Crippen molar-refractivity contribution in [1.29, 1.82) is 0 Å². The zero-order chi connectivity index (χ0) is 28.0. The number of ether oxygens (including phenoxy) is 4. The number of benzene rings is 2. The highest BCUT2D eigenvalue weighted by Crippen LogP contribution is 2.15. The summed E-state index contributed by atoms with van der Waals surface area (Å²) < 4.78 is 80.8. The highest BCUT2D eigenvalue weighted by Gasteiger charge is 2.18. The molecule has 0 aliphatic heterocycles. The molecule has 2 aromatic carbocycles. The summed E-state index contributed by atoms with van der Waals surface area (Å²) in [6, 6.07) is 12.9. The third-order valence-corrected chi connectivity index (χ3v) is 7.76. The molecule has 2 aromatic rings. The highest BCUT2D eigenvalue weighted by molar-refractivity contribution is 7.87. The highest BCUT2D eigenvalue weighted by atomic mass is 32.2. The molecule has 0 saturated carbocycles. The van der Waals surface area contributed by atoms with Crippen LogP contribution in [0.5, 0.6) is 0 Å². The van der Waals surface area contributed by atoms with Crippen LogP contribution in [0.2, 0.25) is 0 Å². The molecule has 0 amide bonds. The van der Waals surface area contributed by atoms with Crippen LogP contribution >= 0.6 is 0 Å². The lowest BCUT2D eigenvalue weighted by Crippen LogP contribution is -2.22. The van der Waals surface area contributed by atoms with E-state index in [1.54, 1.807) is 38.1 Å². The van der Waals surface area contributed by atoms with Crippen LogP contribution in [0.3, 0.4) is 0 Å². The number of hydrogen-bond acceptors (Lipinski definition) is 10. The third kappa shape index (κ3) is 12.3.